The minimum absolute atomic E-state index is 0.0227. The van der Waals surface area contributed by atoms with Gasteiger partial charge in [-0.05, 0) is 55.0 Å². The first-order chi connectivity index (χ1) is 16.0. The van der Waals surface area contributed by atoms with Crippen molar-refractivity contribution in [2.75, 3.05) is 25.6 Å². The summed E-state index contributed by atoms with van der Waals surface area (Å²) >= 11 is 0. The molecule has 0 unspecified atom stereocenters. The topological polar surface area (TPSA) is 89.6 Å². The van der Waals surface area contributed by atoms with E-state index >= 15 is 4.39 Å². The zero-order chi connectivity index (χ0) is 22.9. The summed E-state index contributed by atoms with van der Waals surface area (Å²) in [5.41, 5.74) is 2.91. The van der Waals surface area contributed by atoms with Crippen LogP contribution in [0, 0.1) is 11.7 Å². The Morgan fingerprint density at radius 1 is 1.27 bits per heavy atom. The second kappa shape index (κ2) is 8.94. The fraction of sp³-hybridized carbons (Fsp3) is 0.400. The van der Waals surface area contributed by atoms with Crippen molar-refractivity contribution in [3.63, 3.8) is 0 Å². The maximum absolute atomic E-state index is 15.1. The minimum atomic E-state index is -0.406. The maximum Gasteiger partial charge on any atom is 0.253 e. The van der Waals surface area contributed by atoms with Gasteiger partial charge in [0.25, 0.3) is 5.91 Å². The van der Waals surface area contributed by atoms with Crippen molar-refractivity contribution in [2.45, 2.75) is 38.2 Å². The summed E-state index contributed by atoms with van der Waals surface area (Å²) in [6.45, 7) is 1.14. The summed E-state index contributed by atoms with van der Waals surface area (Å²) in [5.74, 6) is 0.150. The lowest BCUT2D eigenvalue weighted by Gasteiger charge is -2.13. The van der Waals surface area contributed by atoms with Crippen LogP contribution in [0.15, 0.2) is 24.4 Å². The lowest BCUT2D eigenvalue weighted by atomic mass is 10.0. The molecule has 0 bridgehead atoms. The first-order valence-corrected chi connectivity index (χ1v) is 11.3. The number of aromatic nitrogens is 1. The molecular formula is C25H26FN3O4. The molecule has 1 aromatic heterocycles. The molecule has 3 aliphatic rings. The first-order valence-electron chi connectivity index (χ1n) is 11.3. The molecule has 2 amide bonds. The van der Waals surface area contributed by atoms with Gasteiger partial charge >= 0.3 is 0 Å². The zero-order valence-electron chi connectivity index (χ0n) is 18.4. The van der Waals surface area contributed by atoms with Gasteiger partial charge in [0.1, 0.15) is 24.0 Å². The van der Waals surface area contributed by atoms with Gasteiger partial charge in [0, 0.05) is 49.4 Å². The molecule has 33 heavy (non-hydrogen) atoms. The van der Waals surface area contributed by atoms with Gasteiger partial charge in [-0.25, -0.2) is 9.37 Å². The highest BCUT2D eigenvalue weighted by Crippen LogP contribution is 2.39. The Bertz CT molecular complexity index is 1140. The molecule has 0 radical (unpaired) electrons. The van der Waals surface area contributed by atoms with Crippen molar-refractivity contribution < 1.29 is 23.5 Å². The van der Waals surface area contributed by atoms with E-state index in [0.29, 0.717) is 46.9 Å². The molecule has 1 aliphatic heterocycles. The molecule has 1 atom stereocenters. The average Bonchev–Trinajstić information content (AvgIpc) is 3.36. The lowest BCUT2D eigenvalue weighted by Crippen LogP contribution is -2.21. The molecule has 2 aromatic rings. The highest BCUT2D eigenvalue weighted by atomic mass is 19.1. The highest BCUT2D eigenvalue weighted by Gasteiger charge is 2.32. The Balaban J connectivity index is 1.40. The molecule has 0 spiro atoms. The van der Waals surface area contributed by atoms with Crippen LogP contribution in [-0.4, -0.2) is 43.2 Å². The number of pyridine rings is 1. The second-order valence-electron chi connectivity index (χ2n) is 8.69. The third-order valence-corrected chi connectivity index (χ3v) is 6.32. The van der Waals surface area contributed by atoms with Gasteiger partial charge in [-0.2, -0.15) is 0 Å². The van der Waals surface area contributed by atoms with E-state index in [1.54, 1.807) is 25.3 Å². The predicted octanol–water partition coefficient (Wildman–Crippen LogP) is 3.58. The van der Waals surface area contributed by atoms with Gasteiger partial charge in [-0.3, -0.25) is 9.59 Å². The largest absolute Gasteiger partial charge is 0.491 e. The maximum atomic E-state index is 15.1. The van der Waals surface area contributed by atoms with Crippen LogP contribution in [-0.2, 0) is 16.0 Å². The Hall–Kier alpha value is -3.26. The number of hydrogen-bond acceptors (Lipinski definition) is 5. The molecule has 1 aromatic carbocycles. The van der Waals surface area contributed by atoms with Crippen molar-refractivity contribution in [3.05, 3.63) is 52.5 Å². The number of hydrogen-bond donors (Lipinski definition) is 2. The molecule has 8 heteroatoms. The summed E-state index contributed by atoms with van der Waals surface area (Å²) in [6, 6.07) is 4.81. The summed E-state index contributed by atoms with van der Waals surface area (Å²) in [7, 11) is 1.55. The van der Waals surface area contributed by atoms with E-state index < -0.39 is 5.82 Å². The van der Waals surface area contributed by atoms with Crippen molar-refractivity contribution >= 4 is 29.3 Å². The number of carbonyl (C=O) groups is 2. The number of carbonyl (C=O) groups excluding carboxylic acids is 2. The number of amides is 2. The Kier molecular flexibility index (Phi) is 5.85. The van der Waals surface area contributed by atoms with E-state index in [1.165, 1.54) is 12.3 Å². The van der Waals surface area contributed by atoms with Gasteiger partial charge in [0.15, 0.2) is 0 Å². The van der Waals surface area contributed by atoms with Gasteiger partial charge in [0.2, 0.25) is 5.91 Å². The van der Waals surface area contributed by atoms with E-state index in [0.717, 1.165) is 37.9 Å². The molecule has 2 fully saturated rings. The second-order valence-corrected chi connectivity index (χ2v) is 8.69. The van der Waals surface area contributed by atoms with Crippen LogP contribution in [0.3, 0.4) is 0 Å². The van der Waals surface area contributed by atoms with Crippen molar-refractivity contribution in [2.24, 2.45) is 5.92 Å². The molecule has 2 heterocycles. The number of anilines is 1. The van der Waals surface area contributed by atoms with Gasteiger partial charge in [0.05, 0.1) is 11.7 Å². The number of allylic oxidation sites excluding steroid dienone is 1. The van der Waals surface area contributed by atoms with Crippen LogP contribution < -0.4 is 15.4 Å². The summed E-state index contributed by atoms with van der Waals surface area (Å²) in [6.07, 6.45) is 7.40. The van der Waals surface area contributed by atoms with Crippen LogP contribution >= 0.6 is 0 Å². The van der Waals surface area contributed by atoms with Crippen LogP contribution in [0.4, 0.5) is 10.2 Å². The standard InChI is InChI=1S/C25H26FN3O4/c1-27-25(31)21-12-28-23(29-24(30)14-4-5-14)20-10-15(9-19(20)21)18-7-6-16(11-22(18)26)33-13-17-3-2-8-32-17/h6-7,9,11-12,14,17H,2-5,8,10,13H2,1H3,(H,27,31)(H,28,29,30)/t17-/m0/s1. The molecule has 2 N–H and O–H groups in total. The highest BCUT2D eigenvalue weighted by molar-refractivity contribution is 6.04. The third kappa shape index (κ3) is 4.48. The summed E-state index contributed by atoms with van der Waals surface area (Å²) < 4.78 is 26.3. The smallest absolute Gasteiger partial charge is 0.253 e. The van der Waals surface area contributed by atoms with Crippen LogP contribution in [0.2, 0.25) is 0 Å². The van der Waals surface area contributed by atoms with E-state index in [4.69, 9.17) is 9.47 Å². The molecule has 1 saturated carbocycles. The monoisotopic (exact) mass is 451 g/mol. The predicted molar refractivity (Wildman–Crippen MR) is 121 cm³/mol. The third-order valence-electron chi connectivity index (χ3n) is 6.32. The normalized spacial score (nSPS) is 19.1. The SMILES string of the molecule is CNC(=O)c1cnc(NC(=O)C2CC2)c2c1C=C(c1ccc(OC[C@@H]3CCCO3)cc1F)C2. The minimum Gasteiger partial charge on any atom is -0.491 e. The number of ether oxygens (including phenoxy) is 2. The number of nitrogens with zero attached hydrogens (tertiary/aromatic N) is 1. The fourth-order valence-corrected chi connectivity index (χ4v) is 4.30. The molecule has 172 valence electrons. The summed E-state index contributed by atoms with van der Waals surface area (Å²) in [5, 5.41) is 5.50. The lowest BCUT2D eigenvalue weighted by molar-refractivity contribution is -0.117. The fourth-order valence-electron chi connectivity index (χ4n) is 4.30. The zero-order valence-corrected chi connectivity index (χ0v) is 18.4. The average molecular weight is 451 g/mol. The van der Waals surface area contributed by atoms with Gasteiger partial charge in [-0.15, -0.1) is 0 Å². The number of benzene rings is 1. The molecule has 1 saturated heterocycles. The van der Waals surface area contributed by atoms with E-state index in [2.05, 4.69) is 15.6 Å². The van der Waals surface area contributed by atoms with E-state index in [1.807, 2.05) is 0 Å². The van der Waals surface area contributed by atoms with E-state index in [9.17, 15) is 9.59 Å². The molecule has 5 rings (SSSR count). The van der Waals surface area contributed by atoms with Crippen LogP contribution in [0.5, 0.6) is 5.75 Å². The Labute approximate surface area is 191 Å². The first kappa shape index (κ1) is 21.6. The number of nitrogens with one attached hydrogen (secondary N) is 2. The number of rotatable bonds is 7. The molecule has 2 aliphatic carbocycles. The van der Waals surface area contributed by atoms with Crippen LogP contribution in [0.1, 0.15) is 52.7 Å². The van der Waals surface area contributed by atoms with Gasteiger partial charge < -0.3 is 20.1 Å². The van der Waals surface area contributed by atoms with Crippen LogP contribution in [0.25, 0.3) is 11.6 Å². The van der Waals surface area contributed by atoms with Crippen molar-refractivity contribution in [3.8, 4) is 5.75 Å². The quantitative estimate of drug-likeness (QED) is 0.672. The number of fused-ring (bicyclic) bond motifs is 1. The summed E-state index contributed by atoms with van der Waals surface area (Å²) in [4.78, 5) is 29.1. The van der Waals surface area contributed by atoms with Crippen molar-refractivity contribution in [1.29, 1.82) is 0 Å². The van der Waals surface area contributed by atoms with Gasteiger partial charge in [-0.1, -0.05) is 0 Å². The molecule has 7 nitrogen and oxygen atoms in total. The Morgan fingerprint density at radius 2 is 2.12 bits per heavy atom. The van der Waals surface area contributed by atoms with E-state index in [-0.39, 0.29) is 23.8 Å². The Morgan fingerprint density at radius 3 is 2.82 bits per heavy atom. The molecular weight excluding hydrogens is 425 g/mol. The number of halogens is 1. The van der Waals surface area contributed by atoms with Crippen molar-refractivity contribution in [1.82, 2.24) is 10.3 Å².